The van der Waals surface area contributed by atoms with Crippen molar-refractivity contribution >= 4 is 29.0 Å². The van der Waals surface area contributed by atoms with Gasteiger partial charge in [0.2, 0.25) is 0 Å². The molecule has 1 amide bonds. The number of hydrogen-bond acceptors (Lipinski definition) is 4. The monoisotopic (exact) mass is 451 g/mol. The fraction of sp³-hybridized carbons (Fsp3) is 0.143. The van der Waals surface area contributed by atoms with Gasteiger partial charge in [-0.05, 0) is 65.6 Å². The van der Waals surface area contributed by atoms with E-state index in [0.717, 1.165) is 41.4 Å². The van der Waals surface area contributed by atoms with Gasteiger partial charge < -0.3 is 10.2 Å². The maximum Gasteiger partial charge on any atom is 0.255 e. The van der Waals surface area contributed by atoms with Crippen LogP contribution in [0.4, 0.5) is 11.4 Å². The van der Waals surface area contributed by atoms with Gasteiger partial charge in [-0.1, -0.05) is 42.5 Å². The zero-order valence-electron chi connectivity index (χ0n) is 18.3. The molecule has 0 unspecified atom stereocenters. The average molecular weight is 452 g/mol. The van der Waals surface area contributed by atoms with Gasteiger partial charge >= 0.3 is 0 Å². The van der Waals surface area contributed by atoms with E-state index >= 15 is 0 Å². The van der Waals surface area contributed by atoms with Crippen molar-refractivity contribution in [3.05, 3.63) is 120 Å². The zero-order valence-corrected chi connectivity index (χ0v) is 19.1. The second-order valence-electron chi connectivity index (χ2n) is 8.09. The van der Waals surface area contributed by atoms with Crippen LogP contribution < -0.4 is 10.2 Å². The number of nitrogens with zero attached hydrogens (tertiary/aromatic N) is 2. The van der Waals surface area contributed by atoms with Crippen molar-refractivity contribution in [1.82, 2.24) is 4.98 Å². The van der Waals surface area contributed by atoms with Crippen LogP contribution in [0.1, 0.15) is 27.0 Å². The number of pyridine rings is 1. The summed E-state index contributed by atoms with van der Waals surface area (Å²) in [6.07, 6.45) is 4.73. The highest BCUT2D eigenvalue weighted by Gasteiger charge is 2.19. The molecular weight excluding hydrogens is 426 g/mol. The van der Waals surface area contributed by atoms with Gasteiger partial charge in [0.05, 0.1) is 0 Å². The van der Waals surface area contributed by atoms with Crippen molar-refractivity contribution in [3.8, 4) is 0 Å². The van der Waals surface area contributed by atoms with Gasteiger partial charge in [0.1, 0.15) is 0 Å². The Kier molecular flexibility index (Phi) is 6.40. The summed E-state index contributed by atoms with van der Waals surface area (Å²) in [6.45, 7) is 1.77. The van der Waals surface area contributed by atoms with E-state index in [1.807, 2.05) is 54.7 Å². The molecule has 33 heavy (non-hydrogen) atoms. The van der Waals surface area contributed by atoms with Crippen molar-refractivity contribution < 1.29 is 4.79 Å². The summed E-state index contributed by atoms with van der Waals surface area (Å²) >= 11 is 1.74. The number of fused-ring (bicyclic) bond motifs is 1. The number of benzene rings is 3. The van der Waals surface area contributed by atoms with Crippen LogP contribution in [0.25, 0.3) is 0 Å². The first-order valence-electron chi connectivity index (χ1n) is 11.1. The van der Waals surface area contributed by atoms with E-state index in [1.54, 1.807) is 18.0 Å². The minimum Gasteiger partial charge on any atom is -0.367 e. The Hall–Kier alpha value is -3.57. The SMILES string of the molecule is O=C(Nc1ccccc1CN1CCc2ccccc21)c1ccc(SCc2cccnc2)cc1. The molecule has 0 atom stereocenters. The number of amides is 1. The molecule has 1 aliphatic heterocycles. The van der Waals surface area contributed by atoms with Crippen molar-refractivity contribution in [3.63, 3.8) is 0 Å². The number of carbonyl (C=O) groups is 1. The second kappa shape index (κ2) is 9.92. The van der Waals surface area contributed by atoms with E-state index in [-0.39, 0.29) is 5.91 Å². The van der Waals surface area contributed by atoms with Gasteiger partial charge in [0.25, 0.3) is 5.91 Å². The lowest BCUT2D eigenvalue weighted by Crippen LogP contribution is -2.21. The summed E-state index contributed by atoms with van der Waals surface area (Å²) in [5.41, 5.74) is 6.50. The van der Waals surface area contributed by atoms with Crippen molar-refractivity contribution in [2.45, 2.75) is 23.6 Å². The van der Waals surface area contributed by atoms with E-state index < -0.39 is 0 Å². The van der Waals surface area contributed by atoms with Gasteiger partial charge in [-0.2, -0.15) is 0 Å². The summed E-state index contributed by atoms with van der Waals surface area (Å²) in [6, 6.07) is 28.4. The van der Waals surface area contributed by atoms with Crippen molar-refractivity contribution in [1.29, 1.82) is 0 Å². The summed E-state index contributed by atoms with van der Waals surface area (Å²) in [7, 11) is 0. The number of rotatable bonds is 7. The van der Waals surface area contributed by atoms with Crippen LogP contribution in [-0.4, -0.2) is 17.4 Å². The Morgan fingerprint density at radius 1 is 0.939 bits per heavy atom. The Labute approximate surface area is 198 Å². The molecule has 1 aliphatic rings. The van der Waals surface area contributed by atoms with Crippen LogP contribution in [0.5, 0.6) is 0 Å². The lowest BCUT2D eigenvalue weighted by molar-refractivity contribution is 0.102. The third-order valence-corrected chi connectivity index (χ3v) is 6.94. The summed E-state index contributed by atoms with van der Waals surface area (Å²) < 4.78 is 0. The molecule has 3 aromatic carbocycles. The van der Waals surface area contributed by atoms with E-state index in [2.05, 4.69) is 51.6 Å². The molecule has 0 spiro atoms. The molecule has 5 heteroatoms. The summed E-state index contributed by atoms with van der Waals surface area (Å²) in [4.78, 5) is 20.6. The Morgan fingerprint density at radius 3 is 2.61 bits per heavy atom. The Balaban J connectivity index is 1.24. The van der Waals surface area contributed by atoms with Crippen molar-refractivity contribution in [2.75, 3.05) is 16.8 Å². The quantitative estimate of drug-likeness (QED) is 0.340. The van der Waals surface area contributed by atoms with Crippen LogP contribution in [0.2, 0.25) is 0 Å². The van der Waals surface area contributed by atoms with Gasteiger partial charge in [-0.3, -0.25) is 9.78 Å². The molecule has 164 valence electrons. The van der Waals surface area contributed by atoms with Crippen LogP contribution in [0.15, 0.2) is 102 Å². The molecule has 0 saturated heterocycles. The minimum atomic E-state index is -0.0897. The maximum absolute atomic E-state index is 13.0. The van der Waals surface area contributed by atoms with Crippen LogP contribution >= 0.6 is 11.8 Å². The maximum atomic E-state index is 13.0. The van der Waals surface area contributed by atoms with Crippen molar-refractivity contribution in [2.24, 2.45) is 0 Å². The zero-order chi connectivity index (χ0) is 22.5. The fourth-order valence-electron chi connectivity index (χ4n) is 4.10. The molecule has 5 rings (SSSR count). The Bertz CT molecular complexity index is 1240. The first kappa shape index (κ1) is 21.3. The molecule has 2 heterocycles. The normalized spacial score (nSPS) is 12.4. The molecule has 1 N–H and O–H groups in total. The van der Waals surface area contributed by atoms with Gasteiger partial charge in [-0.15, -0.1) is 11.8 Å². The Morgan fingerprint density at radius 2 is 1.76 bits per heavy atom. The predicted octanol–water partition coefficient (Wildman–Crippen LogP) is 6.19. The summed E-state index contributed by atoms with van der Waals surface area (Å²) in [5, 5.41) is 3.12. The highest BCUT2D eigenvalue weighted by atomic mass is 32.2. The van der Waals surface area contributed by atoms with E-state index in [1.165, 1.54) is 16.8 Å². The number of aromatic nitrogens is 1. The lowest BCUT2D eigenvalue weighted by Gasteiger charge is -2.21. The van der Waals surface area contributed by atoms with E-state index in [0.29, 0.717) is 5.56 Å². The van der Waals surface area contributed by atoms with Crippen LogP contribution in [0, 0.1) is 0 Å². The second-order valence-corrected chi connectivity index (χ2v) is 9.13. The molecule has 4 nitrogen and oxygen atoms in total. The molecule has 0 aliphatic carbocycles. The number of para-hydroxylation sites is 2. The summed E-state index contributed by atoms with van der Waals surface area (Å²) in [5.74, 6) is 0.764. The highest BCUT2D eigenvalue weighted by molar-refractivity contribution is 7.98. The van der Waals surface area contributed by atoms with Gasteiger partial charge in [-0.25, -0.2) is 0 Å². The number of thioether (sulfide) groups is 1. The average Bonchev–Trinajstić information content (AvgIpc) is 3.28. The standard InChI is InChI=1S/C28H25N3OS/c32-28(23-11-13-25(14-12-23)33-20-21-6-5-16-29-18-21)30-26-9-3-1-8-24(26)19-31-17-15-22-7-2-4-10-27(22)31/h1-14,16,18H,15,17,19-20H2,(H,30,32). The third kappa shape index (κ3) is 5.10. The minimum absolute atomic E-state index is 0.0897. The molecule has 0 bridgehead atoms. The topological polar surface area (TPSA) is 45.2 Å². The predicted molar refractivity (Wildman–Crippen MR) is 136 cm³/mol. The number of hydrogen-bond donors (Lipinski definition) is 1. The third-order valence-electron chi connectivity index (χ3n) is 5.85. The fourth-order valence-corrected chi connectivity index (χ4v) is 4.94. The number of anilines is 2. The smallest absolute Gasteiger partial charge is 0.255 e. The van der Waals surface area contributed by atoms with Crippen LogP contribution in [0.3, 0.4) is 0 Å². The van der Waals surface area contributed by atoms with Crippen LogP contribution in [-0.2, 0) is 18.7 Å². The highest BCUT2D eigenvalue weighted by Crippen LogP contribution is 2.30. The molecule has 1 aromatic heterocycles. The number of carbonyl (C=O) groups excluding carboxylic acids is 1. The molecule has 4 aromatic rings. The molecule has 0 radical (unpaired) electrons. The van der Waals surface area contributed by atoms with Gasteiger partial charge in [0, 0.05) is 53.1 Å². The molecular formula is C28H25N3OS. The molecule has 0 fully saturated rings. The van der Waals surface area contributed by atoms with Gasteiger partial charge in [0.15, 0.2) is 0 Å². The molecule has 0 saturated carbocycles. The first-order valence-corrected chi connectivity index (χ1v) is 12.1. The largest absolute Gasteiger partial charge is 0.367 e. The first-order chi connectivity index (χ1) is 16.3. The van der Waals surface area contributed by atoms with E-state index in [9.17, 15) is 4.79 Å². The lowest BCUT2D eigenvalue weighted by atomic mass is 10.1. The van der Waals surface area contributed by atoms with E-state index in [4.69, 9.17) is 0 Å². The number of nitrogens with one attached hydrogen (secondary N) is 1.